The average molecular weight is 294 g/mol. The predicted octanol–water partition coefficient (Wildman–Crippen LogP) is 3.21. The van der Waals surface area contributed by atoms with E-state index in [0.717, 1.165) is 0 Å². The van der Waals surface area contributed by atoms with Crippen LogP contribution in [0.2, 0.25) is 5.02 Å². The number of hydrogen-bond acceptors (Lipinski definition) is 3. The molecule has 0 bridgehead atoms. The van der Waals surface area contributed by atoms with E-state index in [-0.39, 0.29) is 11.6 Å². The summed E-state index contributed by atoms with van der Waals surface area (Å²) < 4.78 is 7.07. The molecule has 2 rings (SSSR count). The number of carbonyl (C=O) groups excluding carboxylic acids is 1. The zero-order chi connectivity index (χ0) is 14.5. The molecule has 0 aliphatic carbocycles. The monoisotopic (exact) mass is 293 g/mol. The van der Waals surface area contributed by atoms with E-state index in [9.17, 15) is 4.79 Å². The summed E-state index contributed by atoms with van der Waals surface area (Å²) in [5.74, 6) is 0.267. The lowest BCUT2D eigenvalue weighted by Crippen LogP contribution is -2.14. The SMILES string of the molecule is CCOc1ccccc1NC(=O)c1nn(CC)cc1Cl. The van der Waals surface area contributed by atoms with E-state index >= 15 is 0 Å². The molecular formula is C14H16ClN3O2. The number of halogens is 1. The minimum absolute atomic E-state index is 0.208. The number of hydrogen-bond donors (Lipinski definition) is 1. The molecule has 20 heavy (non-hydrogen) atoms. The molecule has 2 aromatic rings. The number of aromatic nitrogens is 2. The Balaban J connectivity index is 2.21. The molecule has 1 N–H and O–H groups in total. The summed E-state index contributed by atoms with van der Waals surface area (Å²) in [7, 11) is 0. The number of ether oxygens (including phenoxy) is 1. The maximum atomic E-state index is 12.2. The largest absolute Gasteiger partial charge is 0.492 e. The number of aryl methyl sites for hydroxylation is 1. The number of benzene rings is 1. The van der Waals surface area contributed by atoms with Crippen molar-refractivity contribution in [2.75, 3.05) is 11.9 Å². The first-order chi connectivity index (χ1) is 9.65. The van der Waals surface area contributed by atoms with Gasteiger partial charge >= 0.3 is 0 Å². The summed E-state index contributed by atoms with van der Waals surface area (Å²) in [6, 6.07) is 7.24. The van der Waals surface area contributed by atoms with Gasteiger partial charge in [-0.1, -0.05) is 23.7 Å². The summed E-state index contributed by atoms with van der Waals surface area (Å²) in [6.45, 7) is 4.99. The molecule has 0 fully saturated rings. The molecule has 106 valence electrons. The molecule has 1 amide bonds. The first-order valence-corrected chi connectivity index (χ1v) is 6.79. The minimum atomic E-state index is -0.352. The Hall–Kier alpha value is -2.01. The average Bonchev–Trinajstić information content (AvgIpc) is 2.82. The fourth-order valence-electron chi connectivity index (χ4n) is 1.75. The van der Waals surface area contributed by atoms with Crippen molar-refractivity contribution in [3.8, 4) is 5.75 Å². The Bertz CT molecular complexity index is 610. The first kappa shape index (κ1) is 14.4. The zero-order valence-corrected chi connectivity index (χ0v) is 12.1. The van der Waals surface area contributed by atoms with Gasteiger partial charge in [-0.05, 0) is 26.0 Å². The summed E-state index contributed by atoms with van der Waals surface area (Å²) >= 11 is 6.01. The van der Waals surface area contributed by atoms with E-state index in [2.05, 4.69) is 10.4 Å². The quantitative estimate of drug-likeness (QED) is 0.921. The van der Waals surface area contributed by atoms with Gasteiger partial charge in [0.2, 0.25) is 0 Å². The first-order valence-electron chi connectivity index (χ1n) is 6.41. The second-order valence-corrected chi connectivity index (χ2v) is 4.47. The molecule has 0 atom stereocenters. The molecule has 1 heterocycles. The normalized spacial score (nSPS) is 10.3. The van der Waals surface area contributed by atoms with Gasteiger partial charge in [-0.2, -0.15) is 5.10 Å². The Kier molecular flexibility index (Phi) is 4.63. The van der Waals surface area contributed by atoms with Crippen molar-refractivity contribution in [2.24, 2.45) is 0 Å². The number of nitrogens with zero attached hydrogens (tertiary/aromatic N) is 2. The van der Waals surface area contributed by atoms with Crippen LogP contribution in [0.25, 0.3) is 0 Å². The van der Waals surface area contributed by atoms with E-state index in [1.54, 1.807) is 23.0 Å². The van der Waals surface area contributed by atoms with E-state index in [1.807, 2.05) is 26.0 Å². The highest BCUT2D eigenvalue weighted by Crippen LogP contribution is 2.25. The number of anilines is 1. The topological polar surface area (TPSA) is 56.1 Å². The van der Waals surface area contributed by atoms with Crippen molar-refractivity contribution in [2.45, 2.75) is 20.4 Å². The van der Waals surface area contributed by atoms with E-state index < -0.39 is 0 Å². The molecule has 1 aromatic heterocycles. The summed E-state index contributed by atoms with van der Waals surface area (Å²) in [5, 5.41) is 7.23. The highest BCUT2D eigenvalue weighted by atomic mass is 35.5. The van der Waals surface area contributed by atoms with Gasteiger partial charge in [-0.3, -0.25) is 9.48 Å². The smallest absolute Gasteiger partial charge is 0.277 e. The van der Waals surface area contributed by atoms with Gasteiger partial charge in [-0.25, -0.2) is 0 Å². The molecule has 0 aliphatic heterocycles. The highest BCUT2D eigenvalue weighted by molar-refractivity contribution is 6.34. The van der Waals surface area contributed by atoms with Gasteiger partial charge in [0, 0.05) is 12.7 Å². The van der Waals surface area contributed by atoms with Crippen molar-refractivity contribution >= 4 is 23.2 Å². The third kappa shape index (κ3) is 3.11. The second-order valence-electron chi connectivity index (χ2n) is 4.06. The number of nitrogens with one attached hydrogen (secondary N) is 1. The number of rotatable bonds is 5. The minimum Gasteiger partial charge on any atom is -0.492 e. The van der Waals surface area contributed by atoms with Crippen LogP contribution in [0.5, 0.6) is 5.75 Å². The van der Waals surface area contributed by atoms with Crippen LogP contribution in [0.1, 0.15) is 24.3 Å². The van der Waals surface area contributed by atoms with E-state index in [1.165, 1.54) is 0 Å². The Morgan fingerprint density at radius 2 is 2.15 bits per heavy atom. The molecule has 6 heteroatoms. The van der Waals surface area contributed by atoms with E-state index in [4.69, 9.17) is 16.3 Å². The van der Waals surface area contributed by atoms with Crippen LogP contribution in [0, 0.1) is 0 Å². The number of carbonyl (C=O) groups is 1. The lowest BCUT2D eigenvalue weighted by Gasteiger charge is -2.10. The fraction of sp³-hybridized carbons (Fsp3) is 0.286. The Morgan fingerprint density at radius 3 is 2.80 bits per heavy atom. The fourth-order valence-corrected chi connectivity index (χ4v) is 1.98. The maximum absolute atomic E-state index is 12.2. The van der Waals surface area contributed by atoms with Crippen LogP contribution in [0.4, 0.5) is 5.69 Å². The molecule has 0 unspecified atom stereocenters. The van der Waals surface area contributed by atoms with Crippen molar-refractivity contribution in [3.05, 3.63) is 41.2 Å². The summed E-state index contributed by atoms with van der Waals surface area (Å²) in [6.07, 6.45) is 1.63. The maximum Gasteiger partial charge on any atom is 0.277 e. The van der Waals surface area contributed by atoms with Gasteiger partial charge in [0.05, 0.1) is 17.3 Å². The molecular weight excluding hydrogens is 278 g/mol. The van der Waals surface area contributed by atoms with Crippen LogP contribution >= 0.6 is 11.6 Å². The Labute approximate surface area is 122 Å². The summed E-state index contributed by atoms with van der Waals surface area (Å²) in [4.78, 5) is 12.2. The van der Waals surface area contributed by atoms with Crippen molar-refractivity contribution in [1.82, 2.24) is 9.78 Å². The Morgan fingerprint density at radius 1 is 1.40 bits per heavy atom. The van der Waals surface area contributed by atoms with Crippen molar-refractivity contribution < 1.29 is 9.53 Å². The molecule has 0 radical (unpaired) electrons. The van der Waals surface area contributed by atoms with Gasteiger partial charge in [0.25, 0.3) is 5.91 Å². The van der Waals surface area contributed by atoms with Crippen LogP contribution in [0.3, 0.4) is 0 Å². The van der Waals surface area contributed by atoms with Gasteiger partial charge in [-0.15, -0.1) is 0 Å². The third-order valence-electron chi connectivity index (χ3n) is 2.69. The molecule has 0 aliphatic rings. The van der Waals surface area contributed by atoms with Gasteiger partial charge in [0.1, 0.15) is 5.75 Å². The van der Waals surface area contributed by atoms with Crippen LogP contribution in [-0.2, 0) is 6.54 Å². The van der Waals surface area contributed by atoms with Crippen LogP contribution < -0.4 is 10.1 Å². The van der Waals surface area contributed by atoms with Crippen LogP contribution in [0.15, 0.2) is 30.5 Å². The van der Waals surface area contributed by atoms with Crippen LogP contribution in [-0.4, -0.2) is 22.3 Å². The third-order valence-corrected chi connectivity index (χ3v) is 2.97. The molecule has 1 aromatic carbocycles. The van der Waals surface area contributed by atoms with Crippen molar-refractivity contribution in [3.63, 3.8) is 0 Å². The lowest BCUT2D eigenvalue weighted by atomic mass is 10.3. The second kappa shape index (κ2) is 6.43. The number of amides is 1. The van der Waals surface area contributed by atoms with Crippen molar-refractivity contribution in [1.29, 1.82) is 0 Å². The number of para-hydroxylation sites is 2. The predicted molar refractivity (Wildman–Crippen MR) is 78.5 cm³/mol. The lowest BCUT2D eigenvalue weighted by molar-refractivity contribution is 0.102. The molecule has 0 spiro atoms. The zero-order valence-electron chi connectivity index (χ0n) is 11.4. The molecule has 5 nitrogen and oxygen atoms in total. The molecule has 0 saturated heterocycles. The standard InChI is InChI=1S/C14H16ClN3O2/c1-3-18-9-10(15)13(17-18)14(19)16-11-7-5-6-8-12(11)20-4-2/h5-9H,3-4H2,1-2H3,(H,16,19). The van der Waals surface area contributed by atoms with Gasteiger partial charge in [0.15, 0.2) is 5.69 Å². The van der Waals surface area contributed by atoms with E-state index in [0.29, 0.717) is 29.6 Å². The summed E-state index contributed by atoms with van der Waals surface area (Å²) in [5.41, 5.74) is 0.807. The van der Waals surface area contributed by atoms with Gasteiger partial charge < -0.3 is 10.1 Å². The molecule has 0 saturated carbocycles. The highest BCUT2D eigenvalue weighted by Gasteiger charge is 2.16.